The average Bonchev–Trinajstić information content (AvgIpc) is 2.56. The van der Waals surface area contributed by atoms with Crippen molar-refractivity contribution in [3.05, 3.63) is 36.5 Å². The molecule has 4 nitrogen and oxygen atoms in total. The fraction of sp³-hybridized carbons (Fsp3) is 0.500. The maximum atomic E-state index is 5.86. The first kappa shape index (κ1) is 16.6. The number of fused-ring (bicyclic) bond motifs is 1. The molecule has 120 valence electrons. The molecule has 2 rings (SSSR count). The van der Waals surface area contributed by atoms with Crippen LogP contribution in [0.15, 0.2) is 41.5 Å². The van der Waals surface area contributed by atoms with Gasteiger partial charge in [-0.3, -0.25) is 4.99 Å². The van der Waals surface area contributed by atoms with E-state index in [1.165, 1.54) is 0 Å². The van der Waals surface area contributed by atoms with E-state index in [4.69, 9.17) is 10.5 Å². The molecule has 1 aromatic carbocycles. The zero-order chi connectivity index (χ0) is 15.5. The molecule has 3 N–H and O–H groups in total. The minimum atomic E-state index is 0.233. The molecular formula is C18H27N3O. The summed E-state index contributed by atoms with van der Waals surface area (Å²) in [5.41, 5.74) is 6.48. The summed E-state index contributed by atoms with van der Waals surface area (Å²) in [6.45, 7) is 1.49. The lowest BCUT2D eigenvalue weighted by molar-refractivity contribution is 0.308. The first-order valence-electron chi connectivity index (χ1n) is 8.27. The Balaban J connectivity index is 2.09. The summed E-state index contributed by atoms with van der Waals surface area (Å²) >= 11 is 0. The number of nitrogens with zero attached hydrogens (tertiary/aromatic N) is 1. The number of hydrogen-bond acceptors (Lipinski definition) is 4. The first-order chi connectivity index (χ1) is 10.9. The Morgan fingerprint density at radius 3 is 3.05 bits per heavy atom. The van der Waals surface area contributed by atoms with E-state index in [9.17, 15) is 0 Å². The molecule has 0 fully saturated rings. The summed E-state index contributed by atoms with van der Waals surface area (Å²) < 4.78 is 5.86. The van der Waals surface area contributed by atoms with Crippen molar-refractivity contribution in [1.82, 2.24) is 5.32 Å². The molecule has 0 spiro atoms. The first-order valence-corrected chi connectivity index (χ1v) is 8.27. The van der Waals surface area contributed by atoms with Crippen molar-refractivity contribution in [3.63, 3.8) is 0 Å². The third-order valence-electron chi connectivity index (χ3n) is 3.68. The Morgan fingerprint density at radius 2 is 2.14 bits per heavy atom. The standard InChI is InChI=1S/C18H27N3O/c19-12-6-5-9-16-15-21-17-10-3-4-11-18(17)22-14-8-2-1-7-13-20-16/h3-4,7,10-11,13,15-16,20H,1-2,5-6,8-9,12,14,19H2/t16-/m0/s1. The highest BCUT2D eigenvalue weighted by Crippen LogP contribution is 2.27. The Hall–Kier alpha value is -1.81. The summed E-state index contributed by atoms with van der Waals surface area (Å²) in [6, 6.07) is 8.20. The van der Waals surface area contributed by atoms with Crippen molar-refractivity contribution < 1.29 is 4.74 Å². The van der Waals surface area contributed by atoms with Gasteiger partial charge in [0.1, 0.15) is 11.4 Å². The van der Waals surface area contributed by atoms with E-state index in [-0.39, 0.29) is 6.04 Å². The number of aliphatic imine (C=N–C) groups is 1. The third kappa shape index (κ3) is 5.90. The average molecular weight is 301 g/mol. The van der Waals surface area contributed by atoms with Crippen LogP contribution in [0.4, 0.5) is 5.69 Å². The van der Waals surface area contributed by atoms with E-state index in [0.29, 0.717) is 0 Å². The van der Waals surface area contributed by atoms with Gasteiger partial charge in [-0.2, -0.15) is 0 Å². The lowest BCUT2D eigenvalue weighted by atomic mass is 10.1. The van der Waals surface area contributed by atoms with Crippen LogP contribution in [-0.4, -0.2) is 25.4 Å². The van der Waals surface area contributed by atoms with Gasteiger partial charge in [-0.15, -0.1) is 0 Å². The molecule has 0 saturated carbocycles. The maximum Gasteiger partial charge on any atom is 0.144 e. The summed E-state index contributed by atoms with van der Waals surface area (Å²) in [5.74, 6) is 0.867. The summed E-state index contributed by atoms with van der Waals surface area (Å²) in [5, 5.41) is 3.44. The van der Waals surface area contributed by atoms with Crippen LogP contribution in [-0.2, 0) is 0 Å². The van der Waals surface area contributed by atoms with Gasteiger partial charge in [0.25, 0.3) is 0 Å². The predicted octanol–water partition coefficient (Wildman–Crippen LogP) is 3.55. The number of benzene rings is 1. The molecular weight excluding hydrogens is 274 g/mol. The van der Waals surface area contributed by atoms with Crippen molar-refractivity contribution in [1.29, 1.82) is 0 Å². The molecule has 4 heteroatoms. The van der Waals surface area contributed by atoms with Crippen LogP contribution < -0.4 is 15.8 Å². The van der Waals surface area contributed by atoms with Crippen LogP contribution >= 0.6 is 0 Å². The number of para-hydroxylation sites is 2. The molecule has 1 aromatic rings. The second-order valence-corrected chi connectivity index (χ2v) is 5.55. The lowest BCUT2D eigenvalue weighted by Gasteiger charge is -2.12. The Kier molecular flexibility index (Phi) is 7.53. The summed E-state index contributed by atoms with van der Waals surface area (Å²) in [6.07, 6.45) is 12.7. The predicted molar refractivity (Wildman–Crippen MR) is 92.9 cm³/mol. The molecule has 0 aliphatic carbocycles. The molecule has 0 aromatic heterocycles. The van der Waals surface area contributed by atoms with E-state index in [0.717, 1.165) is 63.1 Å². The molecule has 22 heavy (non-hydrogen) atoms. The van der Waals surface area contributed by atoms with Crippen molar-refractivity contribution in [3.8, 4) is 5.75 Å². The van der Waals surface area contributed by atoms with Gasteiger partial charge in [0, 0.05) is 6.21 Å². The molecule has 1 aliphatic rings. The second-order valence-electron chi connectivity index (χ2n) is 5.55. The normalized spacial score (nSPS) is 19.0. The van der Waals surface area contributed by atoms with Crippen molar-refractivity contribution in [2.24, 2.45) is 10.7 Å². The van der Waals surface area contributed by atoms with Gasteiger partial charge in [0.2, 0.25) is 0 Å². The molecule has 0 radical (unpaired) electrons. The molecule has 0 amide bonds. The van der Waals surface area contributed by atoms with Crippen molar-refractivity contribution in [2.45, 2.75) is 44.6 Å². The fourth-order valence-electron chi connectivity index (χ4n) is 2.39. The second kappa shape index (κ2) is 10.0. The van der Waals surface area contributed by atoms with Gasteiger partial charge in [0.05, 0.1) is 12.6 Å². The smallest absolute Gasteiger partial charge is 0.144 e. The van der Waals surface area contributed by atoms with E-state index in [1.54, 1.807) is 0 Å². The highest BCUT2D eigenvalue weighted by molar-refractivity contribution is 5.71. The number of nitrogens with two attached hydrogens (primary N) is 1. The van der Waals surface area contributed by atoms with Crippen LogP contribution in [0.2, 0.25) is 0 Å². The van der Waals surface area contributed by atoms with Gasteiger partial charge >= 0.3 is 0 Å². The van der Waals surface area contributed by atoms with Crippen LogP contribution in [0.1, 0.15) is 38.5 Å². The number of rotatable bonds is 4. The van der Waals surface area contributed by atoms with Gasteiger partial charge in [0.15, 0.2) is 0 Å². The molecule has 0 unspecified atom stereocenters. The minimum Gasteiger partial charge on any atom is -0.491 e. The van der Waals surface area contributed by atoms with Crippen molar-refractivity contribution in [2.75, 3.05) is 13.2 Å². The fourth-order valence-corrected chi connectivity index (χ4v) is 2.39. The Labute approximate surface area is 133 Å². The van der Waals surface area contributed by atoms with Gasteiger partial charge in [-0.1, -0.05) is 18.2 Å². The van der Waals surface area contributed by atoms with E-state index in [2.05, 4.69) is 22.6 Å². The summed E-state index contributed by atoms with van der Waals surface area (Å²) in [7, 11) is 0. The van der Waals surface area contributed by atoms with Gasteiger partial charge in [-0.25, -0.2) is 0 Å². The lowest BCUT2D eigenvalue weighted by Crippen LogP contribution is -2.26. The van der Waals surface area contributed by atoms with Gasteiger partial charge in [-0.05, 0) is 63.4 Å². The van der Waals surface area contributed by atoms with Crippen LogP contribution in [0.3, 0.4) is 0 Å². The number of nitrogens with one attached hydrogen (secondary N) is 1. The summed E-state index contributed by atoms with van der Waals surface area (Å²) in [4.78, 5) is 4.63. The molecule has 1 heterocycles. The molecule has 1 atom stereocenters. The topological polar surface area (TPSA) is 59.6 Å². The SMILES string of the molecule is NCCCC[C@H]1C=Nc2ccccc2OCCCCC=CN1. The molecule has 0 saturated heterocycles. The Bertz CT molecular complexity index is 485. The zero-order valence-corrected chi connectivity index (χ0v) is 13.2. The quantitative estimate of drug-likeness (QED) is 0.836. The number of ether oxygens (including phenoxy) is 1. The van der Waals surface area contributed by atoms with Crippen LogP contribution in [0.5, 0.6) is 5.75 Å². The van der Waals surface area contributed by atoms with Gasteiger partial charge < -0.3 is 15.8 Å². The van der Waals surface area contributed by atoms with E-state index < -0.39 is 0 Å². The largest absolute Gasteiger partial charge is 0.491 e. The maximum absolute atomic E-state index is 5.86. The molecule has 0 bridgehead atoms. The highest BCUT2D eigenvalue weighted by Gasteiger charge is 2.05. The van der Waals surface area contributed by atoms with Crippen molar-refractivity contribution >= 4 is 11.9 Å². The monoisotopic (exact) mass is 301 g/mol. The van der Waals surface area contributed by atoms with E-state index in [1.807, 2.05) is 30.5 Å². The number of unbranched alkanes of at least 4 members (excludes halogenated alkanes) is 1. The Morgan fingerprint density at radius 1 is 1.23 bits per heavy atom. The van der Waals surface area contributed by atoms with Crippen LogP contribution in [0, 0.1) is 0 Å². The minimum absolute atomic E-state index is 0.233. The third-order valence-corrected chi connectivity index (χ3v) is 3.68. The highest BCUT2D eigenvalue weighted by atomic mass is 16.5. The van der Waals surface area contributed by atoms with E-state index >= 15 is 0 Å². The van der Waals surface area contributed by atoms with Crippen LogP contribution in [0.25, 0.3) is 0 Å². The number of hydrogen-bond donors (Lipinski definition) is 2. The number of allylic oxidation sites excluding steroid dienone is 1. The zero-order valence-electron chi connectivity index (χ0n) is 13.2. The molecule has 1 aliphatic heterocycles.